The van der Waals surface area contributed by atoms with E-state index in [1.807, 2.05) is 0 Å². The molecule has 1 saturated carbocycles. The van der Waals surface area contributed by atoms with Gasteiger partial charge in [0.1, 0.15) is 0 Å². The quantitative estimate of drug-likeness (QED) is 0.764. The Bertz CT molecular complexity index is 256. The Balaban J connectivity index is 1.69. The molecular weight excluding hydrogens is 244 g/mol. The van der Waals surface area contributed by atoms with Crippen LogP contribution in [0, 0.1) is 11.8 Å². The molecule has 2 rings (SSSR count). The van der Waals surface area contributed by atoms with Gasteiger partial charge in [0.2, 0.25) is 0 Å². The third-order valence-corrected chi connectivity index (χ3v) is 5.56. The largest absolute Gasteiger partial charge is 0.311 e. The fraction of sp³-hybridized carbons (Fsp3) is 1.00. The molecule has 0 spiro atoms. The molecule has 118 valence electrons. The van der Waals surface area contributed by atoms with Crippen LogP contribution in [0.1, 0.15) is 72.1 Å². The Morgan fingerprint density at radius 1 is 0.950 bits per heavy atom. The summed E-state index contributed by atoms with van der Waals surface area (Å²) < 4.78 is 0. The summed E-state index contributed by atoms with van der Waals surface area (Å²) in [6.07, 6.45) is 11.2. The maximum atomic E-state index is 3.99. The molecule has 2 nitrogen and oxygen atoms in total. The summed E-state index contributed by atoms with van der Waals surface area (Å²) in [5.74, 6) is 1.86. The van der Waals surface area contributed by atoms with E-state index in [0.29, 0.717) is 0 Å². The standard InChI is InChI=1S/C18H36N2/c1-4-12-20-13-10-18(11-14-20)19-17-7-5-6-16(8-9-17)15(2)3/h15-19H,4-14H2,1-3H3. The fourth-order valence-electron chi connectivity index (χ4n) is 4.14. The number of hydrogen-bond acceptors (Lipinski definition) is 2. The number of nitrogens with one attached hydrogen (secondary N) is 1. The summed E-state index contributed by atoms with van der Waals surface area (Å²) in [6.45, 7) is 11.0. The monoisotopic (exact) mass is 280 g/mol. The maximum absolute atomic E-state index is 3.99. The molecule has 20 heavy (non-hydrogen) atoms. The van der Waals surface area contributed by atoms with Crippen molar-refractivity contribution < 1.29 is 0 Å². The summed E-state index contributed by atoms with van der Waals surface area (Å²) in [7, 11) is 0. The zero-order valence-corrected chi connectivity index (χ0v) is 14.0. The van der Waals surface area contributed by atoms with Gasteiger partial charge in [-0.15, -0.1) is 0 Å². The SMILES string of the molecule is CCCN1CCC(NC2CCCC(C(C)C)CC2)CC1. The van der Waals surface area contributed by atoms with Crippen molar-refractivity contribution in [3.05, 3.63) is 0 Å². The van der Waals surface area contributed by atoms with Crippen molar-refractivity contribution >= 4 is 0 Å². The third kappa shape index (κ3) is 5.04. The predicted molar refractivity (Wildman–Crippen MR) is 88.1 cm³/mol. The number of nitrogens with zero attached hydrogens (tertiary/aromatic N) is 1. The Labute approximate surface area is 126 Å². The highest BCUT2D eigenvalue weighted by molar-refractivity contribution is 4.83. The predicted octanol–water partition coefficient (Wildman–Crippen LogP) is 4.06. The van der Waals surface area contributed by atoms with E-state index in [9.17, 15) is 0 Å². The summed E-state index contributed by atoms with van der Waals surface area (Å²) in [6, 6.07) is 1.60. The van der Waals surface area contributed by atoms with Gasteiger partial charge in [0.05, 0.1) is 0 Å². The van der Waals surface area contributed by atoms with E-state index in [1.165, 1.54) is 71.0 Å². The number of likely N-dealkylation sites (tertiary alicyclic amines) is 1. The van der Waals surface area contributed by atoms with Crippen molar-refractivity contribution in [1.29, 1.82) is 0 Å². The smallest absolute Gasteiger partial charge is 0.00940 e. The van der Waals surface area contributed by atoms with Gasteiger partial charge in [0.25, 0.3) is 0 Å². The van der Waals surface area contributed by atoms with E-state index in [4.69, 9.17) is 0 Å². The van der Waals surface area contributed by atoms with Crippen molar-refractivity contribution in [3.63, 3.8) is 0 Å². The molecule has 1 aliphatic carbocycles. The summed E-state index contributed by atoms with van der Waals surface area (Å²) in [5, 5.41) is 3.99. The summed E-state index contributed by atoms with van der Waals surface area (Å²) >= 11 is 0. The molecule has 0 aromatic rings. The highest BCUT2D eigenvalue weighted by atomic mass is 15.1. The van der Waals surface area contributed by atoms with E-state index >= 15 is 0 Å². The van der Waals surface area contributed by atoms with Gasteiger partial charge in [0, 0.05) is 12.1 Å². The van der Waals surface area contributed by atoms with Crippen molar-refractivity contribution in [2.24, 2.45) is 11.8 Å². The Kier molecular flexibility index (Phi) is 6.83. The molecule has 0 amide bonds. The molecule has 0 aromatic heterocycles. The van der Waals surface area contributed by atoms with Crippen LogP contribution in [0.3, 0.4) is 0 Å². The minimum Gasteiger partial charge on any atom is -0.311 e. The van der Waals surface area contributed by atoms with Gasteiger partial charge in [-0.25, -0.2) is 0 Å². The van der Waals surface area contributed by atoms with Crippen LogP contribution in [-0.4, -0.2) is 36.6 Å². The topological polar surface area (TPSA) is 15.3 Å². The Morgan fingerprint density at radius 2 is 1.65 bits per heavy atom. The van der Waals surface area contributed by atoms with Gasteiger partial charge in [-0.2, -0.15) is 0 Å². The van der Waals surface area contributed by atoms with Crippen molar-refractivity contribution in [2.45, 2.75) is 84.2 Å². The molecule has 1 aliphatic heterocycles. The second-order valence-electron chi connectivity index (χ2n) is 7.49. The average Bonchev–Trinajstić information content (AvgIpc) is 2.67. The fourth-order valence-corrected chi connectivity index (χ4v) is 4.14. The highest BCUT2D eigenvalue weighted by Gasteiger charge is 2.24. The molecule has 0 radical (unpaired) electrons. The number of hydrogen-bond donors (Lipinski definition) is 1. The van der Waals surface area contributed by atoms with Gasteiger partial charge in [-0.05, 0) is 70.0 Å². The van der Waals surface area contributed by atoms with Crippen LogP contribution in [0.4, 0.5) is 0 Å². The van der Waals surface area contributed by atoms with Crippen LogP contribution in [0.2, 0.25) is 0 Å². The molecule has 2 fully saturated rings. The first-order chi connectivity index (χ1) is 9.69. The molecule has 1 saturated heterocycles. The molecule has 1 heterocycles. The molecule has 0 aromatic carbocycles. The second kappa shape index (κ2) is 8.38. The molecule has 2 unspecified atom stereocenters. The van der Waals surface area contributed by atoms with E-state index in [1.54, 1.807) is 0 Å². The summed E-state index contributed by atoms with van der Waals surface area (Å²) in [4.78, 5) is 2.64. The number of rotatable bonds is 5. The Hall–Kier alpha value is -0.0800. The lowest BCUT2D eigenvalue weighted by Crippen LogP contribution is -2.46. The van der Waals surface area contributed by atoms with Crippen LogP contribution < -0.4 is 5.32 Å². The average molecular weight is 280 g/mol. The zero-order chi connectivity index (χ0) is 14.4. The van der Waals surface area contributed by atoms with E-state index < -0.39 is 0 Å². The van der Waals surface area contributed by atoms with Crippen molar-refractivity contribution in [3.8, 4) is 0 Å². The first-order valence-corrected chi connectivity index (χ1v) is 9.17. The lowest BCUT2D eigenvalue weighted by molar-refractivity contribution is 0.188. The zero-order valence-electron chi connectivity index (χ0n) is 14.0. The Morgan fingerprint density at radius 3 is 2.30 bits per heavy atom. The highest BCUT2D eigenvalue weighted by Crippen LogP contribution is 2.29. The third-order valence-electron chi connectivity index (χ3n) is 5.56. The van der Waals surface area contributed by atoms with Gasteiger partial charge in [-0.1, -0.05) is 33.6 Å². The van der Waals surface area contributed by atoms with Crippen molar-refractivity contribution in [1.82, 2.24) is 10.2 Å². The molecule has 1 N–H and O–H groups in total. The number of piperidine rings is 1. The van der Waals surface area contributed by atoms with Gasteiger partial charge in [0.15, 0.2) is 0 Å². The summed E-state index contributed by atoms with van der Waals surface area (Å²) in [5.41, 5.74) is 0. The molecule has 2 aliphatic rings. The first kappa shape index (κ1) is 16.3. The van der Waals surface area contributed by atoms with Crippen LogP contribution in [0.25, 0.3) is 0 Å². The van der Waals surface area contributed by atoms with E-state index in [2.05, 4.69) is 31.0 Å². The normalized spacial score (nSPS) is 30.6. The van der Waals surface area contributed by atoms with Crippen LogP contribution in [0.15, 0.2) is 0 Å². The molecule has 2 heteroatoms. The lowest BCUT2D eigenvalue weighted by atomic mass is 9.89. The minimum absolute atomic E-state index is 0.795. The molecule has 0 bridgehead atoms. The van der Waals surface area contributed by atoms with Gasteiger partial charge < -0.3 is 10.2 Å². The molecular formula is C18H36N2. The van der Waals surface area contributed by atoms with Gasteiger partial charge >= 0.3 is 0 Å². The van der Waals surface area contributed by atoms with Crippen LogP contribution in [-0.2, 0) is 0 Å². The van der Waals surface area contributed by atoms with E-state index in [0.717, 1.165) is 23.9 Å². The van der Waals surface area contributed by atoms with Crippen LogP contribution >= 0.6 is 0 Å². The minimum atomic E-state index is 0.795. The first-order valence-electron chi connectivity index (χ1n) is 9.17. The second-order valence-corrected chi connectivity index (χ2v) is 7.49. The lowest BCUT2D eigenvalue weighted by Gasteiger charge is -2.34. The van der Waals surface area contributed by atoms with Gasteiger partial charge in [-0.3, -0.25) is 0 Å². The van der Waals surface area contributed by atoms with E-state index in [-0.39, 0.29) is 0 Å². The van der Waals surface area contributed by atoms with Crippen LogP contribution in [0.5, 0.6) is 0 Å². The van der Waals surface area contributed by atoms with Crippen molar-refractivity contribution in [2.75, 3.05) is 19.6 Å². The maximum Gasteiger partial charge on any atom is 0.00940 e. The molecule has 2 atom stereocenters.